The van der Waals surface area contributed by atoms with Gasteiger partial charge in [-0.15, -0.1) is 11.8 Å². The number of aliphatic hydroxyl groups excluding tert-OH is 1. The maximum atomic E-state index is 14.4. The summed E-state index contributed by atoms with van der Waals surface area (Å²) in [4.78, 5) is 49.3. The molecule has 3 amide bonds. The van der Waals surface area contributed by atoms with Crippen LogP contribution in [0.5, 0.6) is 0 Å². The normalized spacial score (nSPS) is 21.6. The number of thioether (sulfide) groups is 1. The van der Waals surface area contributed by atoms with Gasteiger partial charge in [-0.05, 0) is 58.1 Å². The number of primary amides is 1. The number of nitrogens with two attached hydrogens (primary N) is 1. The smallest absolute Gasteiger partial charge is 0.407 e. The fourth-order valence-corrected chi connectivity index (χ4v) is 8.97. The van der Waals surface area contributed by atoms with Crippen LogP contribution in [0.2, 0.25) is 18.1 Å². The first kappa shape index (κ1) is 40.8. The van der Waals surface area contributed by atoms with Gasteiger partial charge in [-0.3, -0.25) is 9.59 Å². The van der Waals surface area contributed by atoms with E-state index in [1.54, 1.807) is 6.20 Å². The number of imidazole rings is 1. The molecule has 6 atom stereocenters. The van der Waals surface area contributed by atoms with Gasteiger partial charge in [0.25, 0.3) is 0 Å². The van der Waals surface area contributed by atoms with Crippen molar-refractivity contribution in [3.63, 3.8) is 0 Å². The Kier molecular flexibility index (Phi) is 13.5. The zero-order chi connectivity index (χ0) is 39.0. The van der Waals surface area contributed by atoms with E-state index < -0.39 is 62.1 Å². The second kappa shape index (κ2) is 17.8. The molecular formula is C37H50N8O7SSi. The van der Waals surface area contributed by atoms with Gasteiger partial charge in [0.2, 0.25) is 11.8 Å². The molecule has 54 heavy (non-hydrogen) atoms. The van der Waals surface area contributed by atoms with Gasteiger partial charge in [0.1, 0.15) is 24.2 Å². The summed E-state index contributed by atoms with van der Waals surface area (Å²) in [6.07, 6.45) is -0.268. The van der Waals surface area contributed by atoms with Gasteiger partial charge < -0.3 is 40.4 Å². The zero-order valence-electron chi connectivity index (χ0n) is 31.2. The molecule has 0 unspecified atom stereocenters. The van der Waals surface area contributed by atoms with E-state index in [0.29, 0.717) is 17.9 Å². The number of aromatic amines is 1. The number of fused-ring (bicyclic) bond motifs is 3. The summed E-state index contributed by atoms with van der Waals surface area (Å²) in [5.74, 6) is -0.754. The van der Waals surface area contributed by atoms with Crippen LogP contribution in [0.1, 0.15) is 56.4 Å². The van der Waals surface area contributed by atoms with Crippen LogP contribution in [0.3, 0.4) is 0 Å². The van der Waals surface area contributed by atoms with Crippen molar-refractivity contribution in [2.45, 2.75) is 99.9 Å². The molecule has 0 spiro atoms. The molecule has 1 aliphatic heterocycles. The van der Waals surface area contributed by atoms with Crippen molar-refractivity contribution in [2.75, 3.05) is 18.9 Å². The number of carbonyl (C=O) groups excluding carboxylic acids is 3. The monoisotopic (exact) mass is 778 g/mol. The van der Waals surface area contributed by atoms with Gasteiger partial charge in [0.15, 0.2) is 8.32 Å². The van der Waals surface area contributed by atoms with Crippen molar-refractivity contribution in [1.29, 1.82) is 0 Å². The summed E-state index contributed by atoms with van der Waals surface area (Å²) >= 11 is 1.32. The molecule has 0 bridgehead atoms. The number of benzene rings is 2. The number of carbonyl (C=O) groups is 3. The standard InChI is InChI=1S/C37H50N8O7SSi/c1-37(2,3)54(4,5)52-33-31(35(53-16-10-15-30(38)46)51-29(32(33)47)19-42-45-39)44-34(48)28(17-22-18-40-21-41-22)43-36(49)50-20-27-25-13-8-6-11-23(25)24-12-7-9-14-26(24)27/h6-9,11-14,18,21,27-29,31-33,35,47H,10,15-17,19-20H2,1-5H3,(H2,38,46)(H,40,41)(H,43,49)(H,44,48)/t28-,29+,31+,32-,33+,35+/m0/s1. The topological polar surface area (TPSA) is 227 Å². The third kappa shape index (κ3) is 9.83. The van der Waals surface area contributed by atoms with Crippen LogP contribution < -0.4 is 16.4 Å². The molecule has 290 valence electrons. The van der Waals surface area contributed by atoms with Crippen molar-refractivity contribution < 1.29 is 33.4 Å². The van der Waals surface area contributed by atoms with Crippen LogP contribution >= 0.6 is 11.8 Å². The Hall–Kier alpha value is -4.38. The van der Waals surface area contributed by atoms with Gasteiger partial charge in [-0.2, -0.15) is 0 Å². The molecule has 17 heteroatoms. The Labute approximate surface area is 320 Å². The predicted octanol–water partition coefficient (Wildman–Crippen LogP) is 5.13. The number of rotatable bonds is 16. The number of azide groups is 1. The number of nitrogens with zero attached hydrogens (tertiary/aromatic N) is 4. The molecule has 0 saturated carbocycles. The molecule has 1 aliphatic carbocycles. The minimum atomic E-state index is -2.59. The lowest BCUT2D eigenvalue weighted by atomic mass is 9.97. The third-order valence-electron chi connectivity index (χ3n) is 10.3. The highest BCUT2D eigenvalue weighted by atomic mass is 32.2. The van der Waals surface area contributed by atoms with Crippen LogP contribution in [-0.2, 0) is 29.9 Å². The molecule has 2 aliphatic rings. The highest BCUT2D eigenvalue weighted by Gasteiger charge is 2.51. The lowest BCUT2D eigenvalue weighted by Gasteiger charge is -2.49. The molecule has 5 rings (SSSR count). The first-order valence-corrected chi connectivity index (χ1v) is 22.0. The molecule has 1 fully saturated rings. The SMILES string of the molecule is CC(C)(C)[Si](C)(C)O[C@H]1[C@@H](O)[C@@H](CN=[N+]=[N-])O[C@H](SCCCC(N)=O)[C@@H]1NC(=O)[C@H](Cc1cnc[nH]1)NC(=O)OCC1c2ccccc2-c2ccccc21. The fraction of sp³-hybridized carbons (Fsp3) is 0.514. The Morgan fingerprint density at radius 3 is 2.41 bits per heavy atom. The van der Waals surface area contributed by atoms with Crippen LogP contribution in [0, 0.1) is 0 Å². The number of aromatic nitrogens is 2. The Morgan fingerprint density at radius 2 is 1.81 bits per heavy atom. The highest BCUT2D eigenvalue weighted by molar-refractivity contribution is 7.99. The van der Waals surface area contributed by atoms with Gasteiger partial charge in [0.05, 0.1) is 31.1 Å². The average Bonchev–Trinajstić information content (AvgIpc) is 3.76. The molecular weight excluding hydrogens is 729 g/mol. The summed E-state index contributed by atoms with van der Waals surface area (Å²) in [6.45, 7) is 10.1. The van der Waals surface area contributed by atoms with Crippen molar-refractivity contribution in [2.24, 2.45) is 10.8 Å². The molecule has 2 heterocycles. The van der Waals surface area contributed by atoms with Crippen molar-refractivity contribution >= 4 is 38.0 Å². The van der Waals surface area contributed by atoms with E-state index in [0.717, 1.165) is 22.3 Å². The quantitative estimate of drug-likeness (QED) is 0.0427. The minimum Gasteiger partial charge on any atom is -0.449 e. The fourth-order valence-electron chi connectivity index (χ4n) is 6.46. The number of H-pyrrole nitrogens is 1. The Bertz CT molecular complexity index is 1770. The Balaban J connectivity index is 1.39. The summed E-state index contributed by atoms with van der Waals surface area (Å²) in [5.41, 5.74) is 18.5. The molecule has 1 aromatic heterocycles. The van der Waals surface area contributed by atoms with Crippen LogP contribution in [0.15, 0.2) is 66.2 Å². The minimum absolute atomic E-state index is 0.0514. The van der Waals surface area contributed by atoms with E-state index in [-0.39, 0.29) is 36.9 Å². The largest absolute Gasteiger partial charge is 0.449 e. The van der Waals surface area contributed by atoms with E-state index in [9.17, 15) is 19.5 Å². The first-order chi connectivity index (χ1) is 25.7. The molecule has 1 saturated heterocycles. The molecule has 6 N–H and O–H groups in total. The molecule has 3 aromatic rings. The van der Waals surface area contributed by atoms with Gasteiger partial charge in [-0.1, -0.05) is 74.4 Å². The number of nitrogens with one attached hydrogen (secondary N) is 3. The number of alkyl carbamates (subject to hydrolysis) is 1. The van der Waals surface area contributed by atoms with E-state index in [1.807, 2.05) is 49.5 Å². The summed E-state index contributed by atoms with van der Waals surface area (Å²) in [5, 5.41) is 20.9. The third-order valence-corrected chi connectivity index (χ3v) is 16.1. The van der Waals surface area contributed by atoms with Crippen LogP contribution in [0.4, 0.5) is 4.79 Å². The molecule has 0 radical (unpaired) electrons. The summed E-state index contributed by atoms with van der Waals surface area (Å²) in [6, 6.07) is 14.0. The van der Waals surface area contributed by atoms with Gasteiger partial charge >= 0.3 is 6.09 Å². The van der Waals surface area contributed by atoms with Crippen molar-refractivity contribution in [1.82, 2.24) is 20.6 Å². The maximum Gasteiger partial charge on any atom is 0.407 e. The number of hydrogen-bond acceptors (Lipinski definition) is 10. The number of ether oxygens (including phenoxy) is 2. The lowest BCUT2D eigenvalue weighted by Crippen LogP contribution is -2.67. The second-order valence-electron chi connectivity index (χ2n) is 15.1. The van der Waals surface area contributed by atoms with E-state index in [2.05, 4.69) is 63.5 Å². The van der Waals surface area contributed by atoms with Gasteiger partial charge in [-0.25, -0.2) is 9.78 Å². The molecule has 2 aromatic carbocycles. The maximum absolute atomic E-state index is 14.4. The lowest BCUT2D eigenvalue weighted by molar-refractivity contribution is -0.157. The van der Waals surface area contributed by atoms with E-state index in [1.165, 1.54) is 18.1 Å². The van der Waals surface area contributed by atoms with Crippen molar-refractivity contribution in [3.05, 3.63) is 88.3 Å². The summed E-state index contributed by atoms with van der Waals surface area (Å²) in [7, 11) is -2.59. The number of hydrogen-bond donors (Lipinski definition) is 5. The van der Waals surface area contributed by atoms with Crippen LogP contribution in [-0.4, -0.2) is 96.0 Å². The number of aliphatic hydroxyl groups is 1. The van der Waals surface area contributed by atoms with E-state index in [4.69, 9.17) is 25.2 Å². The second-order valence-corrected chi connectivity index (χ2v) is 21.0. The van der Waals surface area contributed by atoms with Crippen LogP contribution in [0.25, 0.3) is 21.6 Å². The summed E-state index contributed by atoms with van der Waals surface area (Å²) < 4.78 is 18.9. The van der Waals surface area contributed by atoms with E-state index >= 15 is 0 Å². The highest BCUT2D eigenvalue weighted by Crippen LogP contribution is 2.45. The number of amides is 3. The van der Waals surface area contributed by atoms with Crippen molar-refractivity contribution in [3.8, 4) is 11.1 Å². The predicted molar refractivity (Wildman–Crippen MR) is 208 cm³/mol. The zero-order valence-corrected chi connectivity index (χ0v) is 33.0. The molecule has 15 nitrogen and oxygen atoms in total. The van der Waals surface area contributed by atoms with Gasteiger partial charge in [0, 0.05) is 35.6 Å². The average molecular weight is 779 g/mol. The first-order valence-electron chi connectivity index (χ1n) is 18.0. The Morgan fingerprint density at radius 1 is 1.15 bits per heavy atom.